The van der Waals surface area contributed by atoms with Gasteiger partial charge in [0.2, 0.25) is 15.9 Å². The largest absolute Gasteiger partial charge is 0.496 e. The average Bonchev–Trinajstić information content (AvgIpc) is 2.73. The van der Waals surface area contributed by atoms with Gasteiger partial charge in [-0.2, -0.15) is 4.31 Å². The molecule has 2 aromatic rings. The first kappa shape index (κ1) is 22.9. The summed E-state index contributed by atoms with van der Waals surface area (Å²) in [5.41, 5.74) is 1.85. The van der Waals surface area contributed by atoms with E-state index in [4.69, 9.17) is 4.74 Å². The molecule has 0 aliphatic carbocycles. The average molecular weight is 419 g/mol. The van der Waals surface area contributed by atoms with E-state index in [9.17, 15) is 13.2 Å². The summed E-state index contributed by atoms with van der Waals surface area (Å²) < 4.78 is 31.8. The molecule has 2 rings (SSSR count). The van der Waals surface area contributed by atoms with Gasteiger partial charge in [0.05, 0.1) is 18.0 Å². The lowest BCUT2D eigenvalue weighted by Crippen LogP contribution is -2.30. The van der Waals surface area contributed by atoms with Crippen LogP contribution in [0.25, 0.3) is 0 Å². The van der Waals surface area contributed by atoms with Crippen LogP contribution < -0.4 is 10.1 Å². The Hall–Kier alpha value is -2.38. The number of para-hydroxylation sites is 1. The summed E-state index contributed by atoms with van der Waals surface area (Å²) in [4.78, 5) is 12.6. The molecular weight excluding hydrogens is 388 g/mol. The number of nitrogens with one attached hydrogen (secondary N) is 1. The molecule has 1 atom stereocenters. The van der Waals surface area contributed by atoms with Crippen molar-refractivity contribution in [3.63, 3.8) is 0 Å². The van der Waals surface area contributed by atoms with Gasteiger partial charge in [0, 0.05) is 25.1 Å². The van der Waals surface area contributed by atoms with Gasteiger partial charge in [0.25, 0.3) is 0 Å². The highest BCUT2D eigenvalue weighted by Gasteiger charge is 2.21. The van der Waals surface area contributed by atoms with E-state index < -0.39 is 10.0 Å². The van der Waals surface area contributed by atoms with Crippen LogP contribution in [0, 0.1) is 0 Å². The van der Waals surface area contributed by atoms with Crippen LogP contribution in [0.2, 0.25) is 0 Å². The van der Waals surface area contributed by atoms with Crippen molar-refractivity contribution < 1.29 is 17.9 Å². The van der Waals surface area contributed by atoms with Crippen LogP contribution in [-0.2, 0) is 21.2 Å². The molecule has 0 unspecified atom stereocenters. The molecule has 0 aromatic heterocycles. The molecule has 6 nitrogen and oxygen atoms in total. The van der Waals surface area contributed by atoms with Crippen molar-refractivity contribution in [2.24, 2.45) is 0 Å². The van der Waals surface area contributed by atoms with Crippen LogP contribution in [-0.4, -0.2) is 38.8 Å². The zero-order chi connectivity index (χ0) is 21.4. The molecule has 0 spiro atoms. The van der Waals surface area contributed by atoms with E-state index >= 15 is 0 Å². The number of aryl methyl sites for hydroxylation is 1. The number of hydrogen-bond acceptors (Lipinski definition) is 4. The number of rotatable bonds is 10. The third-order valence-corrected chi connectivity index (χ3v) is 6.95. The van der Waals surface area contributed by atoms with Gasteiger partial charge in [-0.15, -0.1) is 0 Å². The lowest BCUT2D eigenvalue weighted by atomic mass is 10.1. The normalized spacial score (nSPS) is 12.6. The molecule has 0 aliphatic heterocycles. The molecule has 0 heterocycles. The topological polar surface area (TPSA) is 75.7 Å². The number of benzene rings is 2. The second-order valence-electron chi connectivity index (χ2n) is 6.76. The van der Waals surface area contributed by atoms with E-state index in [0.29, 0.717) is 25.9 Å². The fourth-order valence-corrected chi connectivity index (χ4v) is 4.67. The van der Waals surface area contributed by atoms with E-state index in [0.717, 1.165) is 16.9 Å². The first-order valence-electron chi connectivity index (χ1n) is 9.84. The Bertz CT molecular complexity index is 907. The summed E-state index contributed by atoms with van der Waals surface area (Å²) in [6.07, 6.45) is 0.859. The van der Waals surface area contributed by atoms with E-state index in [1.54, 1.807) is 31.4 Å². The molecule has 1 amide bonds. The fraction of sp³-hybridized carbons (Fsp3) is 0.409. The Labute approximate surface area is 173 Å². The summed E-state index contributed by atoms with van der Waals surface area (Å²) in [5, 5.41) is 2.99. The highest BCUT2D eigenvalue weighted by molar-refractivity contribution is 7.89. The van der Waals surface area contributed by atoms with E-state index in [2.05, 4.69) is 5.32 Å². The van der Waals surface area contributed by atoms with E-state index in [-0.39, 0.29) is 16.8 Å². The van der Waals surface area contributed by atoms with Gasteiger partial charge >= 0.3 is 0 Å². The van der Waals surface area contributed by atoms with Gasteiger partial charge in [-0.05, 0) is 37.1 Å². The molecule has 7 heteroatoms. The van der Waals surface area contributed by atoms with Crippen molar-refractivity contribution >= 4 is 15.9 Å². The second-order valence-corrected chi connectivity index (χ2v) is 8.70. The SMILES string of the molecule is CCN(CC)S(=O)(=O)c1ccc(CCC(=O)N[C@@H](C)c2ccccc2OC)cc1. The highest BCUT2D eigenvalue weighted by atomic mass is 32.2. The lowest BCUT2D eigenvalue weighted by Gasteiger charge is -2.18. The first-order valence-corrected chi connectivity index (χ1v) is 11.3. The van der Waals surface area contributed by atoms with Crippen LogP contribution in [0.15, 0.2) is 53.4 Å². The summed E-state index contributed by atoms with van der Waals surface area (Å²) in [6, 6.07) is 14.2. The number of ether oxygens (including phenoxy) is 1. The van der Waals surface area contributed by atoms with Crippen molar-refractivity contribution in [3.8, 4) is 5.75 Å². The minimum atomic E-state index is -3.46. The maximum atomic E-state index is 12.5. The summed E-state index contributed by atoms with van der Waals surface area (Å²) in [5.74, 6) is 0.675. The summed E-state index contributed by atoms with van der Waals surface area (Å²) >= 11 is 0. The summed E-state index contributed by atoms with van der Waals surface area (Å²) in [7, 11) is -1.85. The van der Waals surface area contributed by atoms with Gasteiger partial charge in [0.15, 0.2) is 0 Å². The minimum Gasteiger partial charge on any atom is -0.496 e. The first-order chi connectivity index (χ1) is 13.8. The predicted octanol–water partition coefficient (Wildman–Crippen LogP) is 3.54. The predicted molar refractivity (Wildman–Crippen MR) is 114 cm³/mol. The molecule has 0 saturated heterocycles. The number of carbonyl (C=O) groups excluding carboxylic acids is 1. The van der Waals surface area contributed by atoms with Crippen LogP contribution in [0.4, 0.5) is 0 Å². The zero-order valence-corrected chi connectivity index (χ0v) is 18.3. The number of amides is 1. The molecule has 0 fully saturated rings. The number of methoxy groups -OCH3 is 1. The van der Waals surface area contributed by atoms with Gasteiger partial charge < -0.3 is 10.1 Å². The quantitative estimate of drug-likeness (QED) is 0.640. The Morgan fingerprint density at radius 3 is 2.28 bits per heavy atom. The molecule has 2 aromatic carbocycles. The highest BCUT2D eigenvalue weighted by Crippen LogP contribution is 2.24. The van der Waals surface area contributed by atoms with Gasteiger partial charge in [0.1, 0.15) is 5.75 Å². The minimum absolute atomic E-state index is 0.0664. The zero-order valence-electron chi connectivity index (χ0n) is 17.5. The fourth-order valence-electron chi connectivity index (χ4n) is 3.21. The van der Waals surface area contributed by atoms with Gasteiger partial charge in [-0.3, -0.25) is 4.79 Å². The number of carbonyl (C=O) groups is 1. The van der Waals surface area contributed by atoms with Crippen molar-refractivity contribution in [3.05, 3.63) is 59.7 Å². The maximum absolute atomic E-state index is 12.5. The van der Waals surface area contributed by atoms with E-state index in [1.165, 1.54) is 4.31 Å². The molecule has 29 heavy (non-hydrogen) atoms. The molecule has 0 aliphatic rings. The Kier molecular flexibility index (Phi) is 8.22. The molecule has 0 bridgehead atoms. The maximum Gasteiger partial charge on any atom is 0.243 e. The van der Waals surface area contributed by atoms with Crippen molar-refractivity contribution in [2.45, 2.75) is 44.6 Å². The third kappa shape index (κ3) is 5.81. The molecule has 1 N–H and O–H groups in total. The smallest absolute Gasteiger partial charge is 0.243 e. The molecule has 0 saturated carbocycles. The van der Waals surface area contributed by atoms with Crippen molar-refractivity contribution in [1.29, 1.82) is 0 Å². The van der Waals surface area contributed by atoms with Crippen molar-refractivity contribution in [1.82, 2.24) is 9.62 Å². The lowest BCUT2D eigenvalue weighted by molar-refractivity contribution is -0.121. The Morgan fingerprint density at radius 2 is 1.69 bits per heavy atom. The number of nitrogens with zero attached hydrogens (tertiary/aromatic N) is 1. The number of sulfonamides is 1. The Balaban J connectivity index is 1.95. The third-order valence-electron chi connectivity index (χ3n) is 4.89. The van der Waals surface area contributed by atoms with Crippen LogP contribution in [0.1, 0.15) is 44.4 Å². The monoisotopic (exact) mass is 418 g/mol. The van der Waals surface area contributed by atoms with Crippen molar-refractivity contribution in [2.75, 3.05) is 20.2 Å². The molecule has 158 valence electrons. The Morgan fingerprint density at radius 1 is 1.07 bits per heavy atom. The van der Waals surface area contributed by atoms with Crippen LogP contribution in [0.3, 0.4) is 0 Å². The molecule has 0 radical (unpaired) electrons. The van der Waals surface area contributed by atoms with Gasteiger partial charge in [-0.1, -0.05) is 44.2 Å². The standard InChI is InChI=1S/C22H30N2O4S/c1-5-24(6-2)29(26,27)19-14-11-18(12-15-19)13-16-22(25)23-17(3)20-9-7-8-10-21(20)28-4/h7-12,14-15,17H,5-6,13,16H2,1-4H3,(H,23,25)/t17-/m0/s1. The number of hydrogen-bond donors (Lipinski definition) is 1. The van der Waals surface area contributed by atoms with E-state index in [1.807, 2.05) is 45.0 Å². The molecular formula is C22H30N2O4S. The van der Waals surface area contributed by atoms with Gasteiger partial charge in [-0.25, -0.2) is 8.42 Å². The summed E-state index contributed by atoms with van der Waals surface area (Å²) in [6.45, 7) is 6.43. The van der Waals surface area contributed by atoms with Crippen LogP contribution >= 0.6 is 0 Å². The second kappa shape index (κ2) is 10.4. The van der Waals surface area contributed by atoms with Crippen LogP contribution in [0.5, 0.6) is 5.75 Å².